The van der Waals surface area contributed by atoms with Crippen LogP contribution in [0.1, 0.15) is 18.0 Å². The van der Waals surface area contributed by atoms with E-state index in [-0.39, 0.29) is 12.3 Å². The maximum absolute atomic E-state index is 12.0. The van der Waals surface area contributed by atoms with Crippen LogP contribution in [0, 0.1) is 6.92 Å². The number of nitrogens with zero attached hydrogens (tertiary/aromatic N) is 3. The van der Waals surface area contributed by atoms with Gasteiger partial charge in [0.05, 0.1) is 9.90 Å². The summed E-state index contributed by atoms with van der Waals surface area (Å²) in [7, 11) is 0. The average Bonchev–Trinajstić information content (AvgIpc) is 3.25. The van der Waals surface area contributed by atoms with Gasteiger partial charge >= 0.3 is 0 Å². The molecule has 23 heavy (non-hydrogen) atoms. The van der Waals surface area contributed by atoms with Crippen molar-refractivity contribution in [3.05, 3.63) is 28.4 Å². The molecule has 0 aliphatic heterocycles. The Morgan fingerprint density at radius 2 is 2.30 bits per heavy atom. The van der Waals surface area contributed by atoms with Crippen LogP contribution in [0.25, 0.3) is 11.5 Å². The van der Waals surface area contributed by atoms with Crippen LogP contribution in [-0.4, -0.2) is 27.3 Å². The monoisotopic (exact) mass is 366 g/mol. The van der Waals surface area contributed by atoms with Crippen LogP contribution in [-0.2, 0) is 11.2 Å². The number of hydrogen-bond acceptors (Lipinski definition) is 8. The highest BCUT2D eigenvalue weighted by atomic mass is 32.2. The SMILES string of the molecule is CSc1sc(NC(=O)CCc2nnc(-c3ccsc3)o2)nc1C. The number of thiazole rings is 1. The molecule has 3 aromatic rings. The molecule has 0 saturated heterocycles. The van der Waals surface area contributed by atoms with Crippen molar-refractivity contribution in [3.8, 4) is 11.5 Å². The van der Waals surface area contributed by atoms with Gasteiger partial charge in [-0.1, -0.05) is 11.3 Å². The zero-order valence-electron chi connectivity index (χ0n) is 12.5. The fraction of sp³-hybridized carbons (Fsp3) is 0.286. The minimum atomic E-state index is -0.110. The van der Waals surface area contributed by atoms with Gasteiger partial charge in [-0.05, 0) is 24.6 Å². The first-order valence-electron chi connectivity index (χ1n) is 6.82. The van der Waals surface area contributed by atoms with Crippen molar-refractivity contribution in [3.63, 3.8) is 0 Å². The van der Waals surface area contributed by atoms with Gasteiger partial charge in [0.15, 0.2) is 5.13 Å². The van der Waals surface area contributed by atoms with Gasteiger partial charge in [-0.25, -0.2) is 4.98 Å². The lowest BCUT2D eigenvalue weighted by atomic mass is 10.3. The standard InChI is InChI=1S/C14H14N4O2S3/c1-8-13(21-2)23-14(15-8)16-10(19)3-4-11-17-18-12(20-11)9-5-6-22-7-9/h5-7H,3-4H2,1-2H3,(H,15,16,19). The number of carbonyl (C=O) groups is 1. The first-order chi connectivity index (χ1) is 11.2. The molecule has 3 heterocycles. The summed E-state index contributed by atoms with van der Waals surface area (Å²) >= 11 is 4.68. The van der Waals surface area contributed by atoms with E-state index in [4.69, 9.17) is 4.42 Å². The van der Waals surface area contributed by atoms with E-state index in [2.05, 4.69) is 20.5 Å². The zero-order valence-corrected chi connectivity index (χ0v) is 15.0. The summed E-state index contributed by atoms with van der Waals surface area (Å²) in [6, 6.07) is 1.92. The number of aryl methyl sites for hydroxylation is 2. The molecule has 0 aliphatic rings. The molecule has 1 N–H and O–H groups in total. The highest BCUT2D eigenvalue weighted by Gasteiger charge is 2.13. The summed E-state index contributed by atoms with van der Waals surface area (Å²) in [6.07, 6.45) is 2.67. The second kappa shape index (κ2) is 7.24. The van der Waals surface area contributed by atoms with E-state index in [9.17, 15) is 4.79 Å². The van der Waals surface area contributed by atoms with Gasteiger partial charge in [0.2, 0.25) is 17.7 Å². The summed E-state index contributed by atoms with van der Waals surface area (Å²) in [5.41, 5.74) is 1.84. The van der Waals surface area contributed by atoms with Crippen molar-refractivity contribution >= 4 is 45.5 Å². The third-order valence-corrected chi connectivity index (χ3v) is 5.95. The highest BCUT2D eigenvalue weighted by Crippen LogP contribution is 2.30. The van der Waals surface area contributed by atoms with Crippen LogP contribution in [0.5, 0.6) is 0 Å². The van der Waals surface area contributed by atoms with Gasteiger partial charge < -0.3 is 9.73 Å². The van der Waals surface area contributed by atoms with Crippen LogP contribution in [0.3, 0.4) is 0 Å². The number of hydrogen-bond donors (Lipinski definition) is 1. The van der Waals surface area contributed by atoms with E-state index in [0.29, 0.717) is 23.3 Å². The number of thiophene rings is 1. The Hall–Kier alpha value is -1.71. The predicted molar refractivity (Wildman–Crippen MR) is 93.2 cm³/mol. The number of nitrogens with one attached hydrogen (secondary N) is 1. The molecule has 3 aromatic heterocycles. The van der Waals surface area contributed by atoms with E-state index in [1.807, 2.05) is 30.0 Å². The zero-order chi connectivity index (χ0) is 16.2. The third kappa shape index (κ3) is 3.98. The summed E-state index contributed by atoms with van der Waals surface area (Å²) in [5, 5.41) is 15.3. The molecule has 1 amide bonds. The van der Waals surface area contributed by atoms with Crippen LogP contribution >= 0.6 is 34.4 Å². The molecule has 9 heteroatoms. The molecule has 0 unspecified atom stereocenters. The molecule has 0 saturated carbocycles. The third-order valence-electron chi connectivity index (χ3n) is 2.99. The minimum Gasteiger partial charge on any atom is -0.421 e. The lowest BCUT2D eigenvalue weighted by Gasteiger charge is -1.99. The van der Waals surface area contributed by atoms with Crippen molar-refractivity contribution in [2.45, 2.75) is 24.0 Å². The average molecular weight is 366 g/mol. The molecular weight excluding hydrogens is 352 g/mol. The topological polar surface area (TPSA) is 80.9 Å². The van der Waals surface area contributed by atoms with Crippen LogP contribution in [0.2, 0.25) is 0 Å². The Labute approximate surface area is 145 Å². The van der Waals surface area contributed by atoms with Crippen molar-refractivity contribution in [2.75, 3.05) is 11.6 Å². The molecule has 3 rings (SSSR count). The van der Waals surface area contributed by atoms with E-state index >= 15 is 0 Å². The lowest BCUT2D eigenvalue weighted by Crippen LogP contribution is -2.12. The fourth-order valence-corrected chi connectivity index (χ4v) is 4.14. The van der Waals surface area contributed by atoms with Gasteiger partial charge in [0, 0.05) is 23.8 Å². The molecule has 0 bridgehead atoms. The second-order valence-corrected chi connectivity index (χ2v) is 7.51. The maximum Gasteiger partial charge on any atom is 0.248 e. The molecular formula is C14H14N4O2S3. The van der Waals surface area contributed by atoms with Crippen molar-refractivity contribution in [1.29, 1.82) is 0 Å². The summed E-state index contributed by atoms with van der Waals surface area (Å²) in [6.45, 7) is 1.93. The van der Waals surface area contributed by atoms with Gasteiger partial charge in [0.25, 0.3) is 0 Å². The lowest BCUT2D eigenvalue weighted by molar-refractivity contribution is -0.116. The first-order valence-corrected chi connectivity index (χ1v) is 9.80. The molecule has 0 aliphatic carbocycles. The molecule has 120 valence electrons. The number of rotatable bonds is 6. The molecule has 0 radical (unpaired) electrons. The molecule has 0 fully saturated rings. The summed E-state index contributed by atoms with van der Waals surface area (Å²) in [4.78, 5) is 16.3. The van der Waals surface area contributed by atoms with E-state index in [1.165, 1.54) is 11.3 Å². The van der Waals surface area contributed by atoms with Crippen molar-refractivity contribution in [1.82, 2.24) is 15.2 Å². The summed E-state index contributed by atoms with van der Waals surface area (Å²) in [5.74, 6) is 0.838. The van der Waals surface area contributed by atoms with Crippen molar-refractivity contribution in [2.24, 2.45) is 0 Å². The Morgan fingerprint density at radius 1 is 1.43 bits per heavy atom. The molecule has 0 spiro atoms. The quantitative estimate of drug-likeness (QED) is 0.667. The van der Waals surface area contributed by atoms with Crippen LogP contribution < -0.4 is 5.32 Å². The Kier molecular flexibility index (Phi) is 5.09. The van der Waals surface area contributed by atoms with E-state index < -0.39 is 0 Å². The maximum atomic E-state index is 12.0. The largest absolute Gasteiger partial charge is 0.421 e. The molecule has 6 nitrogen and oxygen atoms in total. The van der Waals surface area contributed by atoms with E-state index in [0.717, 1.165) is 15.5 Å². The van der Waals surface area contributed by atoms with Gasteiger partial charge in [0.1, 0.15) is 0 Å². The number of aromatic nitrogens is 3. The normalized spacial score (nSPS) is 10.9. The predicted octanol–water partition coefficient (Wildman–Crippen LogP) is 3.86. The first kappa shape index (κ1) is 16.2. The Morgan fingerprint density at radius 3 is 3.00 bits per heavy atom. The number of amides is 1. The molecule has 0 atom stereocenters. The van der Waals surface area contributed by atoms with Gasteiger partial charge in [-0.3, -0.25) is 4.79 Å². The Balaban J connectivity index is 1.54. The number of carbonyl (C=O) groups excluding carboxylic acids is 1. The van der Waals surface area contributed by atoms with Gasteiger partial charge in [-0.15, -0.1) is 22.0 Å². The van der Waals surface area contributed by atoms with Crippen LogP contribution in [0.4, 0.5) is 5.13 Å². The van der Waals surface area contributed by atoms with Crippen molar-refractivity contribution < 1.29 is 9.21 Å². The second-order valence-electron chi connectivity index (χ2n) is 4.66. The fourth-order valence-electron chi connectivity index (χ4n) is 1.88. The molecule has 0 aromatic carbocycles. The Bertz CT molecular complexity index is 795. The number of anilines is 1. The smallest absolute Gasteiger partial charge is 0.248 e. The van der Waals surface area contributed by atoms with Crippen LogP contribution in [0.15, 0.2) is 25.5 Å². The number of thioether (sulfide) groups is 1. The van der Waals surface area contributed by atoms with Gasteiger partial charge in [-0.2, -0.15) is 11.3 Å². The highest BCUT2D eigenvalue weighted by molar-refractivity contribution is 8.00. The minimum absolute atomic E-state index is 0.110. The van der Waals surface area contributed by atoms with E-state index in [1.54, 1.807) is 23.1 Å². The summed E-state index contributed by atoms with van der Waals surface area (Å²) < 4.78 is 6.67.